The normalized spacial score (nSPS) is 13.5. The maximum absolute atomic E-state index is 12.4. The van der Waals surface area contributed by atoms with E-state index in [4.69, 9.17) is 9.47 Å². The third-order valence-corrected chi connectivity index (χ3v) is 6.37. The second-order valence-electron chi connectivity index (χ2n) is 9.10. The maximum atomic E-state index is 12.4. The van der Waals surface area contributed by atoms with E-state index in [9.17, 15) is 19.5 Å². The van der Waals surface area contributed by atoms with Crippen molar-refractivity contribution in [2.45, 2.75) is 51.2 Å². The van der Waals surface area contributed by atoms with Crippen LogP contribution in [0.5, 0.6) is 0 Å². The Morgan fingerprint density at radius 1 is 1.00 bits per heavy atom. The number of carbonyl (C=O) groups is 3. The molecule has 1 aliphatic carbocycles. The van der Waals surface area contributed by atoms with Gasteiger partial charge in [-0.15, -0.1) is 0 Å². The highest BCUT2D eigenvalue weighted by atomic mass is 32.2. The number of aliphatic carboxylic acids is 1. The summed E-state index contributed by atoms with van der Waals surface area (Å²) in [4.78, 5) is 35.7. The summed E-state index contributed by atoms with van der Waals surface area (Å²) in [7, 11) is 0. The molecular weight excluding hydrogens is 454 g/mol. The first kappa shape index (κ1) is 25.6. The molecule has 0 unspecified atom stereocenters. The van der Waals surface area contributed by atoms with Gasteiger partial charge in [0.1, 0.15) is 18.2 Å². The van der Waals surface area contributed by atoms with E-state index in [1.807, 2.05) is 57.2 Å². The molecule has 34 heavy (non-hydrogen) atoms. The van der Waals surface area contributed by atoms with Crippen LogP contribution in [0.2, 0.25) is 0 Å². The molecule has 8 heteroatoms. The fourth-order valence-corrected chi connectivity index (χ4v) is 4.81. The fraction of sp³-hybridized carbons (Fsp3) is 0.423. The summed E-state index contributed by atoms with van der Waals surface area (Å²) in [6.07, 6.45) is -0.286. The molecule has 1 amide bonds. The standard InChI is InChI=1S/C26H31NO6S/c1-26(2,3)33-23(28)13-15-34-14-12-22(24(29)30)27-25(31)32-16-21-19-10-6-4-8-17(19)18-9-5-7-11-20(18)21/h4-11,21-22H,12-16H2,1-3H3,(H,27,31)(H,29,30)/t22-/m0/s1. The second-order valence-corrected chi connectivity index (χ2v) is 10.3. The summed E-state index contributed by atoms with van der Waals surface area (Å²) >= 11 is 1.44. The Hall–Kier alpha value is -3.00. The molecule has 0 spiro atoms. The first-order chi connectivity index (χ1) is 16.2. The number of esters is 1. The number of benzene rings is 2. The largest absolute Gasteiger partial charge is 0.480 e. The van der Waals surface area contributed by atoms with Crippen LogP contribution in [0.4, 0.5) is 4.79 Å². The van der Waals surface area contributed by atoms with Crippen molar-refractivity contribution in [1.82, 2.24) is 5.32 Å². The molecule has 182 valence electrons. The van der Waals surface area contributed by atoms with E-state index >= 15 is 0 Å². The van der Waals surface area contributed by atoms with Crippen molar-refractivity contribution in [2.24, 2.45) is 0 Å². The van der Waals surface area contributed by atoms with Gasteiger partial charge in [-0.3, -0.25) is 4.79 Å². The molecule has 2 aromatic rings. The summed E-state index contributed by atoms with van der Waals surface area (Å²) in [6, 6.07) is 15.0. The molecule has 1 aliphatic rings. The van der Waals surface area contributed by atoms with Crippen LogP contribution < -0.4 is 5.32 Å². The van der Waals surface area contributed by atoms with Crippen molar-refractivity contribution in [2.75, 3.05) is 18.1 Å². The topological polar surface area (TPSA) is 102 Å². The van der Waals surface area contributed by atoms with Crippen LogP contribution in [0.25, 0.3) is 11.1 Å². The number of hydrogen-bond acceptors (Lipinski definition) is 6. The summed E-state index contributed by atoms with van der Waals surface area (Å²) < 4.78 is 10.7. The Bertz CT molecular complexity index is 986. The van der Waals surface area contributed by atoms with E-state index < -0.39 is 23.7 Å². The van der Waals surface area contributed by atoms with Gasteiger partial charge >= 0.3 is 18.0 Å². The number of carboxylic acid groups (broad SMARTS) is 1. The maximum Gasteiger partial charge on any atom is 0.407 e. The van der Waals surface area contributed by atoms with Crippen LogP contribution in [0, 0.1) is 0 Å². The number of carboxylic acids is 1. The molecule has 1 atom stereocenters. The van der Waals surface area contributed by atoms with Gasteiger partial charge in [-0.25, -0.2) is 9.59 Å². The lowest BCUT2D eigenvalue weighted by molar-refractivity contribution is -0.154. The highest BCUT2D eigenvalue weighted by Gasteiger charge is 2.29. The van der Waals surface area contributed by atoms with E-state index in [0.717, 1.165) is 22.3 Å². The van der Waals surface area contributed by atoms with Crippen LogP contribution in [0.1, 0.15) is 50.7 Å². The summed E-state index contributed by atoms with van der Waals surface area (Å²) in [5.41, 5.74) is 3.90. The van der Waals surface area contributed by atoms with E-state index in [2.05, 4.69) is 17.4 Å². The highest BCUT2D eigenvalue weighted by Crippen LogP contribution is 2.44. The molecule has 0 aliphatic heterocycles. The number of nitrogens with one attached hydrogen (secondary N) is 1. The van der Waals surface area contributed by atoms with E-state index in [0.29, 0.717) is 11.5 Å². The minimum atomic E-state index is -1.12. The van der Waals surface area contributed by atoms with Gasteiger partial charge in [-0.2, -0.15) is 11.8 Å². The van der Waals surface area contributed by atoms with Crippen molar-refractivity contribution < 1.29 is 29.0 Å². The number of rotatable bonds is 10. The molecule has 0 aromatic heterocycles. The SMILES string of the molecule is CC(C)(C)OC(=O)CCSCC[C@H](NC(=O)OCC1c2ccccc2-c2ccccc21)C(=O)O. The van der Waals surface area contributed by atoms with Gasteiger partial charge in [-0.05, 0) is 55.2 Å². The second kappa shape index (κ2) is 11.4. The lowest BCUT2D eigenvalue weighted by Crippen LogP contribution is -2.41. The molecular formula is C26H31NO6S. The van der Waals surface area contributed by atoms with Gasteiger partial charge in [0.2, 0.25) is 0 Å². The summed E-state index contributed by atoms with van der Waals surface area (Å²) in [5, 5.41) is 11.9. The van der Waals surface area contributed by atoms with Gasteiger partial charge in [0.25, 0.3) is 0 Å². The molecule has 2 N–H and O–H groups in total. The van der Waals surface area contributed by atoms with Crippen LogP contribution >= 0.6 is 11.8 Å². The third kappa shape index (κ3) is 7.00. The number of amides is 1. The Morgan fingerprint density at radius 2 is 1.59 bits per heavy atom. The average molecular weight is 486 g/mol. The zero-order valence-corrected chi connectivity index (χ0v) is 20.5. The molecule has 7 nitrogen and oxygen atoms in total. The Kier molecular flexibility index (Phi) is 8.61. The molecule has 0 bridgehead atoms. The summed E-state index contributed by atoms with van der Waals surface area (Å²) in [5.74, 6) is -0.507. The molecule has 2 aromatic carbocycles. The number of ether oxygens (including phenoxy) is 2. The van der Waals surface area contributed by atoms with Crippen LogP contribution in [-0.2, 0) is 19.1 Å². The number of hydrogen-bond donors (Lipinski definition) is 2. The minimum Gasteiger partial charge on any atom is -0.480 e. The molecule has 0 radical (unpaired) electrons. The van der Waals surface area contributed by atoms with Crippen molar-refractivity contribution >= 4 is 29.8 Å². The number of carbonyl (C=O) groups excluding carboxylic acids is 2. The molecule has 0 saturated heterocycles. The van der Waals surface area contributed by atoms with Crippen LogP contribution in [-0.4, -0.2) is 52.9 Å². The first-order valence-corrected chi connectivity index (χ1v) is 12.4. The number of alkyl carbamates (subject to hydrolysis) is 1. The van der Waals surface area contributed by atoms with Crippen molar-refractivity contribution in [1.29, 1.82) is 0 Å². The van der Waals surface area contributed by atoms with E-state index in [-0.39, 0.29) is 31.3 Å². The zero-order chi connectivity index (χ0) is 24.7. The van der Waals surface area contributed by atoms with E-state index in [1.54, 1.807) is 0 Å². The Labute approximate surface area is 204 Å². The minimum absolute atomic E-state index is 0.0927. The monoisotopic (exact) mass is 485 g/mol. The zero-order valence-electron chi connectivity index (χ0n) is 19.7. The van der Waals surface area contributed by atoms with Gasteiger partial charge in [0, 0.05) is 11.7 Å². The number of fused-ring (bicyclic) bond motifs is 3. The highest BCUT2D eigenvalue weighted by molar-refractivity contribution is 7.99. The number of thioether (sulfide) groups is 1. The average Bonchev–Trinajstić information content (AvgIpc) is 3.09. The van der Waals surface area contributed by atoms with Crippen molar-refractivity contribution in [3.63, 3.8) is 0 Å². The predicted octanol–water partition coefficient (Wildman–Crippen LogP) is 4.83. The lowest BCUT2D eigenvalue weighted by atomic mass is 9.98. The molecule has 0 saturated carbocycles. The van der Waals surface area contributed by atoms with Gasteiger partial charge in [-0.1, -0.05) is 48.5 Å². The van der Waals surface area contributed by atoms with E-state index in [1.165, 1.54) is 11.8 Å². The molecule has 0 fully saturated rings. The lowest BCUT2D eigenvalue weighted by Gasteiger charge is -2.19. The van der Waals surface area contributed by atoms with Crippen LogP contribution in [0.15, 0.2) is 48.5 Å². The quantitative estimate of drug-likeness (QED) is 0.367. The Morgan fingerprint density at radius 3 is 2.15 bits per heavy atom. The van der Waals surface area contributed by atoms with Crippen molar-refractivity contribution in [3.05, 3.63) is 59.7 Å². The van der Waals surface area contributed by atoms with Crippen LogP contribution in [0.3, 0.4) is 0 Å². The first-order valence-electron chi connectivity index (χ1n) is 11.3. The molecule has 0 heterocycles. The smallest absolute Gasteiger partial charge is 0.407 e. The van der Waals surface area contributed by atoms with Gasteiger partial charge in [0.05, 0.1) is 6.42 Å². The van der Waals surface area contributed by atoms with Crippen molar-refractivity contribution in [3.8, 4) is 11.1 Å². The van der Waals surface area contributed by atoms with Gasteiger partial charge < -0.3 is 19.9 Å². The van der Waals surface area contributed by atoms with Gasteiger partial charge in [0.15, 0.2) is 0 Å². The fourth-order valence-electron chi connectivity index (χ4n) is 3.89. The summed E-state index contributed by atoms with van der Waals surface area (Å²) in [6.45, 7) is 5.55. The third-order valence-electron chi connectivity index (χ3n) is 5.36. The predicted molar refractivity (Wildman–Crippen MR) is 132 cm³/mol. The molecule has 3 rings (SSSR count). The Balaban J connectivity index is 1.46.